The van der Waals surface area contributed by atoms with E-state index in [-0.39, 0.29) is 11.7 Å². The zero-order valence-corrected chi connectivity index (χ0v) is 15.6. The van der Waals surface area contributed by atoms with Crippen molar-refractivity contribution in [2.45, 2.75) is 32.0 Å². The van der Waals surface area contributed by atoms with Gasteiger partial charge in [-0.2, -0.15) is 0 Å². The van der Waals surface area contributed by atoms with E-state index in [2.05, 4.69) is 26.3 Å². The first kappa shape index (κ1) is 17.9. The third-order valence-corrected chi connectivity index (χ3v) is 6.00. The fourth-order valence-corrected chi connectivity index (χ4v) is 4.53. The second-order valence-electron chi connectivity index (χ2n) is 6.68. The zero-order valence-electron chi connectivity index (χ0n) is 14.8. The molecule has 4 rings (SSSR count). The number of halogens is 1. The van der Waals surface area contributed by atoms with Gasteiger partial charge in [0.1, 0.15) is 11.6 Å². The Morgan fingerprint density at radius 3 is 2.93 bits per heavy atom. The van der Waals surface area contributed by atoms with E-state index in [1.54, 1.807) is 29.7 Å². The van der Waals surface area contributed by atoms with Gasteiger partial charge >= 0.3 is 0 Å². The minimum atomic E-state index is -0.274. The van der Waals surface area contributed by atoms with Crippen molar-refractivity contribution in [1.82, 2.24) is 20.2 Å². The van der Waals surface area contributed by atoms with Gasteiger partial charge in [-0.25, -0.2) is 9.37 Å². The summed E-state index contributed by atoms with van der Waals surface area (Å²) in [7, 11) is 0. The van der Waals surface area contributed by atoms with Crippen LogP contribution in [0.4, 0.5) is 4.39 Å². The molecular weight excluding hydrogens is 363 g/mol. The highest BCUT2D eigenvalue weighted by Gasteiger charge is 2.28. The summed E-state index contributed by atoms with van der Waals surface area (Å²) in [5.74, 6) is 0.602. The van der Waals surface area contributed by atoms with Crippen LogP contribution in [0, 0.1) is 5.82 Å². The molecule has 0 bridgehead atoms. The summed E-state index contributed by atoms with van der Waals surface area (Å²) >= 11 is 1.55. The van der Waals surface area contributed by atoms with Crippen LogP contribution in [0.15, 0.2) is 48.8 Å². The number of aromatic amines is 1. The Bertz CT molecular complexity index is 891. The minimum Gasteiger partial charge on any atom is -0.348 e. The first-order chi connectivity index (χ1) is 13.2. The fourth-order valence-electron chi connectivity index (χ4n) is 3.44. The number of imidazole rings is 1. The van der Waals surface area contributed by atoms with Gasteiger partial charge in [0, 0.05) is 29.9 Å². The monoisotopic (exact) mass is 384 g/mol. The molecule has 140 valence electrons. The highest BCUT2D eigenvalue weighted by atomic mass is 32.1. The van der Waals surface area contributed by atoms with E-state index in [9.17, 15) is 9.18 Å². The number of carbonyl (C=O) groups is 1. The largest absolute Gasteiger partial charge is 0.348 e. The van der Waals surface area contributed by atoms with Crippen LogP contribution in [-0.4, -0.2) is 27.3 Å². The number of likely N-dealkylation sites (tertiary alicyclic amines) is 1. The van der Waals surface area contributed by atoms with Gasteiger partial charge < -0.3 is 10.3 Å². The summed E-state index contributed by atoms with van der Waals surface area (Å²) in [4.78, 5) is 24.3. The van der Waals surface area contributed by atoms with Gasteiger partial charge in [0.15, 0.2) is 0 Å². The zero-order chi connectivity index (χ0) is 18.6. The molecule has 2 aromatic heterocycles. The number of benzene rings is 1. The molecule has 27 heavy (non-hydrogen) atoms. The molecule has 5 nitrogen and oxygen atoms in total. The lowest BCUT2D eigenvalue weighted by Gasteiger charge is -2.22. The Morgan fingerprint density at radius 2 is 2.15 bits per heavy atom. The number of hydrogen-bond acceptors (Lipinski definition) is 4. The normalized spacial score (nSPS) is 17.3. The molecule has 0 saturated carbocycles. The van der Waals surface area contributed by atoms with E-state index in [0.717, 1.165) is 37.3 Å². The molecule has 7 heteroatoms. The number of carbonyl (C=O) groups excluding carboxylic acids is 1. The van der Waals surface area contributed by atoms with Crippen molar-refractivity contribution < 1.29 is 9.18 Å². The average Bonchev–Trinajstić information content (AvgIpc) is 3.43. The van der Waals surface area contributed by atoms with Crippen LogP contribution in [0.25, 0.3) is 0 Å². The summed E-state index contributed by atoms with van der Waals surface area (Å²) in [6, 6.07) is 10.4. The summed E-state index contributed by atoms with van der Waals surface area (Å²) < 4.78 is 13.0. The van der Waals surface area contributed by atoms with Crippen molar-refractivity contribution in [1.29, 1.82) is 0 Å². The quantitative estimate of drug-likeness (QED) is 0.678. The molecule has 1 amide bonds. The molecule has 0 aliphatic carbocycles. The van der Waals surface area contributed by atoms with E-state index >= 15 is 0 Å². The second-order valence-corrected chi connectivity index (χ2v) is 7.79. The maximum atomic E-state index is 13.0. The van der Waals surface area contributed by atoms with Crippen molar-refractivity contribution in [3.8, 4) is 0 Å². The number of aromatic nitrogens is 2. The molecule has 1 aliphatic rings. The van der Waals surface area contributed by atoms with Gasteiger partial charge in [-0.15, -0.1) is 11.3 Å². The Balaban J connectivity index is 1.38. The molecule has 1 unspecified atom stereocenters. The third-order valence-electron chi connectivity index (χ3n) is 4.82. The van der Waals surface area contributed by atoms with Crippen LogP contribution in [0.5, 0.6) is 0 Å². The SMILES string of the molecule is O=C(NCc1ccc(F)cc1)c1ccc(C2CCCN2Cc2ncc[nH]2)s1. The lowest BCUT2D eigenvalue weighted by molar-refractivity contribution is 0.0955. The predicted octanol–water partition coefficient (Wildman–Crippen LogP) is 3.88. The van der Waals surface area contributed by atoms with Crippen molar-refractivity contribution in [2.75, 3.05) is 6.54 Å². The van der Waals surface area contributed by atoms with Crippen LogP contribution >= 0.6 is 11.3 Å². The fraction of sp³-hybridized carbons (Fsp3) is 0.300. The van der Waals surface area contributed by atoms with Crippen LogP contribution in [0.3, 0.4) is 0 Å². The molecule has 1 fully saturated rings. The maximum Gasteiger partial charge on any atom is 0.261 e. The van der Waals surface area contributed by atoms with Crippen LogP contribution in [0.2, 0.25) is 0 Å². The van der Waals surface area contributed by atoms with Gasteiger partial charge in [0.25, 0.3) is 5.91 Å². The van der Waals surface area contributed by atoms with Gasteiger partial charge in [0.05, 0.1) is 11.4 Å². The van der Waals surface area contributed by atoms with Gasteiger partial charge in [-0.05, 0) is 49.2 Å². The number of nitrogens with one attached hydrogen (secondary N) is 2. The summed E-state index contributed by atoms with van der Waals surface area (Å²) in [6.45, 7) is 2.22. The Kier molecular flexibility index (Phi) is 5.31. The number of H-pyrrole nitrogens is 1. The molecule has 1 saturated heterocycles. The van der Waals surface area contributed by atoms with Crippen molar-refractivity contribution in [3.05, 3.63) is 75.8 Å². The van der Waals surface area contributed by atoms with E-state index in [4.69, 9.17) is 0 Å². The van der Waals surface area contributed by atoms with Crippen molar-refractivity contribution in [2.24, 2.45) is 0 Å². The summed E-state index contributed by atoms with van der Waals surface area (Å²) in [5.41, 5.74) is 0.877. The van der Waals surface area contributed by atoms with Gasteiger partial charge in [-0.1, -0.05) is 12.1 Å². The number of hydrogen-bond donors (Lipinski definition) is 2. The number of amides is 1. The van der Waals surface area contributed by atoms with Crippen molar-refractivity contribution >= 4 is 17.2 Å². The van der Waals surface area contributed by atoms with E-state index < -0.39 is 0 Å². The molecule has 0 spiro atoms. The molecule has 0 radical (unpaired) electrons. The Labute approximate surface area is 161 Å². The van der Waals surface area contributed by atoms with Crippen LogP contribution < -0.4 is 5.32 Å². The lowest BCUT2D eigenvalue weighted by Crippen LogP contribution is -2.23. The molecule has 3 aromatic rings. The van der Waals surface area contributed by atoms with Crippen LogP contribution in [-0.2, 0) is 13.1 Å². The Morgan fingerprint density at radius 1 is 1.30 bits per heavy atom. The highest BCUT2D eigenvalue weighted by molar-refractivity contribution is 7.14. The Hall–Kier alpha value is -2.51. The van der Waals surface area contributed by atoms with Crippen molar-refractivity contribution in [3.63, 3.8) is 0 Å². The van der Waals surface area contributed by atoms with E-state index in [1.165, 1.54) is 17.0 Å². The van der Waals surface area contributed by atoms with E-state index in [0.29, 0.717) is 17.5 Å². The first-order valence-corrected chi connectivity index (χ1v) is 9.85. The number of thiophene rings is 1. The molecule has 1 aliphatic heterocycles. The molecule has 3 heterocycles. The summed E-state index contributed by atoms with van der Waals surface area (Å²) in [5, 5.41) is 2.91. The number of rotatable bonds is 6. The van der Waals surface area contributed by atoms with Gasteiger partial charge in [0.2, 0.25) is 0 Å². The first-order valence-electron chi connectivity index (χ1n) is 9.04. The average molecular weight is 384 g/mol. The maximum absolute atomic E-state index is 13.0. The minimum absolute atomic E-state index is 0.0915. The standard InChI is InChI=1S/C20H21FN4OS/c21-15-5-3-14(4-6-15)12-24-20(26)18-8-7-17(27-18)16-2-1-11-25(16)13-19-22-9-10-23-19/h3-10,16H,1-2,11-13H2,(H,22,23)(H,24,26). The van der Waals surface area contributed by atoms with E-state index in [1.807, 2.05) is 12.3 Å². The molecule has 2 N–H and O–H groups in total. The molecule has 1 aromatic carbocycles. The lowest BCUT2D eigenvalue weighted by atomic mass is 10.2. The topological polar surface area (TPSA) is 61.0 Å². The molecule has 1 atom stereocenters. The third kappa shape index (κ3) is 4.26. The highest BCUT2D eigenvalue weighted by Crippen LogP contribution is 2.36. The smallest absolute Gasteiger partial charge is 0.261 e. The predicted molar refractivity (Wildman–Crippen MR) is 103 cm³/mol. The second kappa shape index (κ2) is 8.02. The summed E-state index contributed by atoms with van der Waals surface area (Å²) in [6.07, 6.45) is 5.86. The van der Waals surface area contributed by atoms with Gasteiger partial charge in [-0.3, -0.25) is 9.69 Å². The molecular formula is C20H21FN4OS. The van der Waals surface area contributed by atoms with Crippen LogP contribution in [0.1, 0.15) is 44.8 Å². The number of nitrogens with zero attached hydrogens (tertiary/aromatic N) is 2.